The highest BCUT2D eigenvalue weighted by Crippen LogP contribution is 2.48. The van der Waals surface area contributed by atoms with Gasteiger partial charge < -0.3 is 11.1 Å². The van der Waals surface area contributed by atoms with Crippen LogP contribution in [0.3, 0.4) is 0 Å². The molecule has 4 nitrogen and oxygen atoms in total. The number of nitrogens with two attached hydrogens (primary N) is 1. The van der Waals surface area contributed by atoms with Crippen LogP contribution in [0.25, 0.3) is 27.1 Å². The van der Waals surface area contributed by atoms with E-state index in [2.05, 4.69) is 119 Å². The van der Waals surface area contributed by atoms with Crippen molar-refractivity contribution in [2.24, 2.45) is 11.7 Å². The number of Topliss-reactive ketones (excluding diaryl/α,β-unsaturated/α-hetero) is 2. The number of ketones is 2. The molecule has 2 aliphatic rings. The molecular weight excluding hydrogens is 576 g/mol. The molecule has 2 atom stereocenters. The molecule has 240 valence electrons. The van der Waals surface area contributed by atoms with Gasteiger partial charge >= 0.3 is 0 Å². The van der Waals surface area contributed by atoms with Crippen LogP contribution in [0.1, 0.15) is 99.3 Å². The first-order valence-corrected chi connectivity index (χ1v) is 16.8. The number of anilines is 1. The molecule has 1 aliphatic carbocycles. The van der Waals surface area contributed by atoms with Crippen molar-refractivity contribution < 1.29 is 9.59 Å². The van der Waals surface area contributed by atoms with E-state index >= 15 is 0 Å². The summed E-state index contributed by atoms with van der Waals surface area (Å²) in [6, 6.07) is 33.2. The molecule has 0 saturated heterocycles. The van der Waals surface area contributed by atoms with Gasteiger partial charge in [-0.15, -0.1) is 0 Å². The van der Waals surface area contributed by atoms with Crippen molar-refractivity contribution in [2.75, 3.05) is 5.32 Å². The van der Waals surface area contributed by atoms with Gasteiger partial charge in [0.15, 0.2) is 11.6 Å². The summed E-state index contributed by atoms with van der Waals surface area (Å²) in [6.07, 6.45) is 4.16. The molecule has 7 rings (SSSR count). The third-order valence-corrected chi connectivity index (χ3v) is 9.85. The number of allylic oxidation sites excluding steroid dienone is 1. The summed E-state index contributed by atoms with van der Waals surface area (Å²) in [5.74, 6) is 0.531. The Hall–Kier alpha value is -4.54. The molecule has 0 spiro atoms. The third kappa shape index (κ3) is 6.15. The zero-order valence-corrected chi connectivity index (χ0v) is 28.5. The zero-order valence-electron chi connectivity index (χ0n) is 28.5. The minimum absolute atomic E-state index is 0.0171. The minimum atomic E-state index is -1.01. The van der Waals surface area contributed by atoms with Gasteiger partial charge in [-0.1, -0.05) is 105 Å². The number of nitrogens with one attached hydrogen (secondary N) is 1. The first-order chi connectivity index (χ1) is 22.4. The van der Waals surface area contributed by atoms with Gasteiger partial charge in [0.05, 0.1) is 5.54 Å². The van der Waals surface area contributed by atoms with Crippen LogP contribution in [0.2, 0.25) is 0 Å². The van der Waals surface area contributed by atoms with E-state index in [1.165, 1.54) is 22.4 Å². The van der Waals surface area contributed by atoms with E-state index in [1.54, 1.807) is 6.92 Å². The first-order valence-electron chi connectivity index (χ1n) is 16.8. The Bertz CT molecular complexity index is 2020. The van der Waals surface area contributed by atoms with E-state index in [9.17, 15) is 9.59 Å². The predicted octanol–water partition coefficient (Wildman–Crippen LogP) is 10.2. The number of carbonyl (C=O) groups excluding carboxylic acids is 2. The van der Waals surface area contributed by atoms with Crippen LogP contribution in [0, 0.1) is 5.92 Å². The van der Waals surface area contributed by atoms with Gasteiger partial charge in [0, 0.05) is 29.2 Å². The van der Waals surface area contributed by atoms with E-state index in [-0.39, 0.29) is 28.9 Å². The van der Waals surface area contributed by atoms with Crippen molar-refractivity contribution in [1.82, 2.24) is 0 Å². The fourth-order valence-electron chi connectivity index (χ4n) is 7.65. The highest BCUT2D eigenvalue weighted by atomic mass is 16.1. The van der Waals surface area contributed by atoms with E-state index in [1.807, 2.05) is 24.3 Å². The molecule has 5 aromatic carbocycles. The second kappa shape index (κ2) is 12.6. The minimum Gasteiger partial charge on any atom is -0.376 e. The van der Waals surface area contributed by atoms with Crippen LogP contribution in [-0.2, 0) is 10.3 Å². The van der Waals surface area contributed by atoms with Gasteiger partial charge in [0.2, 0.25) is 0 Å². The maximum Gasteiger partial charge on any atom is 0.163 e. The molecule has 1 aliphatic heterocycles. The van der Waals surface area contributed by atoms with Crippen molar-refractivity contribution in [3.05, 3.63) is 131 Å². The fraction of sp³-hybridized carbons (Fsp3) is 0.302. The number of benzene rings is 5. The van der Waals surface area contributed by atoms with Crippen LogP contribution in [0.15, 0.2) is 103 Å². The molecule has 3 N–H and O–H groups in total. The number of hydrogen-bond donors (Lipinski definition) is 2. The van der Waals surface area contributed by atoms with Crippen molar-refractivity contribution in [3.8, 4) is 0 Å². The van der Waals surface area contributed by atoms with Crippen LogP contribution in [-0.4, -0.2) is 17.1 Å². The smallest absolute Gasteiger partial charge is 0.163 e. The van der Waals surface area contributed by atoms with Crippen LogP contribution in [0.5, 0.6) is 0 Å². The summed E-state index contributed by atoms with van der Waals surface area (Å²) >= 11 is 0. The maximum absolute atomic E-state index is 13.4. The molecule has 0 fully saturated rings. The quantitative estimate of drug-likeness (QED) is 0.151. The molecule has 0 saturated carbocycles. The summed E-state index contributed by atoms with van der Waals surface area (Å²) < 4.78 is 0. The largest absolute Gasteiger partial charge is 0.376 e. The molecule has 0 aromatic heterocycles. The second-order valence-electron chi connectivity index (χ2n) is 14.4. The Morgan fingerprint density at radius 2 is 1.49 bits per heavy atom. The van der Waals surface area contributed by atoms with Gasteiger partial charge in [0.25, 0.3) is 0 Å². The number of carbonyl (C=O) groups is 2. The molecule has 5 aromatic rings. The number of para-hydroxylation sites is 1. The van der Waals surface area contributed by atoms with Gasteiger partial charge in [-0.2, -0.15) is 0 Å². The van der Waals surface area contributed by atoms with Gasteiger partial charge in [-0.05, 0) is 102 Å². The Labute approximate surface area is 279 Å². The molecule has 2 unspecified atom stereocenters. The van der Waals surface area contributed by atoms with E-state index < -0.39 is 5.54 Å². The lowest BCUT2D eigenvalue weighted by molar-refractivity contribution is -0.122. The molecule has 47 heavy (non-hydrogen) atoms. The normalized spacial score (nSPS) is 19.6. The van der Waals surface area contributed by atoms with E-state index in [0.717, 1.165) is 44.7 Å². The molecule has 0 radical (unpaired) electrons. The number of fused-ring (bicyclic) bond motifs is 6. The summed E-state index contributed by atoms with van der Waals surface area (Å²) in [5, 5.41) is 7.68. The lowest BCUT2D eigenvalue weighted by Gasteiger charge is -2.39. The lowest BCUT2D eigenvalue weighted by atomic mass is 9.67. The van der Waals surface area contributed by atoms with Gasteiger partial charge in [0.1, 0.15) is 5.54 Å². The predicted molar refractivity (Wildman–Crippen MR) is 197 cm³/mol. The summed E-state index contributed by atoms with van der Waals surface area (Å²) in [6.45, 7) is 12.3. The molecule has 0 bridgehead atoms. The SMILES string of the molecule is CC(=O)C1(N)CCC(c2ccccc2)c2c1ccc1c2cc(C(=O)CC(C)C)c2ccccc21.CC1=CC(C)(C)Nc2ccccc21. The van der Waals surface area contributed by atoms with Crippen LogP contribution < -0.4 is 11.1 Å². The molecule has 1 heterocycles. The van der Waals surface area contributed by atoms with E-state index in [4.69, 9.17) is 5.73 Å². The van der Waals surface area contributed by atoms with Crippen molar-refractivity contribution in [2.45, 2.75) is 77.8 Å². The molecular formula is C43H46N2O2. The fourth-order valence-corrected chi connectivity index (χ4v) is 7.65. The van der Waals surface area contributed by atoms with Crippen LogP contribution >= 0.6 is 0 Å². The highest BCUT2D eigenvalue weighted by Gasteiger charge is 2.41. The summed E-state index contributed by atoms with van der Waals surface area (Å²) in [7, 11) is 0. The topological polar surface area (TPSA) is 72.2 Å². The Morgan fingerprint density at radius 1 is 0.851 bits per heavy atom. The van der Waals surface area contributed by atoms with Gasteiger partial charge in [-0.25, -0.2) is 0 Å². The maximum atomic E-state index is 13.4. The van der Waals surface area contributed by atoms with Crippen LogP contribution in [0.4, 0.5) is 5.69 Å². The van der Waals surface area contributed by atoms with Crippen molar-refractivity contribution in [3.63, 3.8) is 0 Å². The highest BCUT2D eigenvalue weighted by molar-refractivity contribution is 6.18. The average molecular weight is 623 g/mol. The van der Waals surface area contributed by atoms with Gasteiger partial charge in [-0.3, -0.25) is 9.59 Å². The average Bonchev–Trinajstić information content (AvgIpc) is 3.04. The molecule has 0 amide bonds. The number of rotatable bonds is 5. The van der Waals surface area contributed by atoms with Crippen molar-refractivity contribution >= 4 is 44.4 Å². The van der Waals surface area contributed by atoms with Crippen molar-refractivity contribution in [1.29, 1.82) is 0 Å². The number of hydrogen-bond acceptors (Lipinski definition) is 4. The standard InChI is InChI=1S/C31H31NO2.C12H15N/c1-19(2)17-29(34)26-18-27-25(23-11-7-8-12-24(23)26)13-14-28-30(27)22(21-9-5-4-6-10-21)15-16-31(28,32)20(3)33;1-9-8-12(2,3)13-11-7-5-4-6-10(9)11/h4-14,18-19,22H,15-17,32H2,1-3H3;4-8,13H,1-3H3. The monoisotopic (exact) mass is 622 g/mol. The Morgan fingerprint density at radius 3 is 2.19 bits per heavy atom. The third-order valence-electron chi connectivity index (χ3n) is 9.85. The zero-order chi connectivity index (χ0) is 33.5. The Balaban J connectivity index is 0.000000248. The summed E-state index contributed by atoms with van der Waals surface area (Å²) in [5.41, 5.74) is 13.8. The Kier molecular flexibility index (Phi) is 8.67. The molecule has 4 heteroatoms. The first kappa shape index (κ1) is 32.4. The van der Waals surface area contributed by atoms with E-state index in [0.29, 0.717) is 12.8 Å². The second-order valence-corrected chi connectivity index (χ2v) is 14.4. The lowest BCUT2D eigenvalue weighted by Crippen LogP contribution is -2.47. The summed E-state index contributed by atoms with van der Waals surface area (Å²) in [4.78, 5) is 26.2.